The maximum Gasteiger partial charge on any atom is 0.0205 e. The van der Waals surface area contributed by atoms with E-state index in [1.807, 2.05) is 6.08 Å². The van der Waals surface area contributed by atoms with Crippen molar-refractivity contribution in [1.82, 2.24) is 0 Å². The summed E-state index contributed by atoms with van der Waals surface area (Å²) in [5, 5.41) is 0. The highest BCUT2D eigenvalue weighted by Gasteiger charge is 2.01. The third kappa shape index (κ3) is 2.44. The molecule has 0 nitrogen and oxygen atoms in total. The van der Waals surface area contributed by atoms with Crippen LogP contribution in [0.5, 0.6) is 0 Å². The smallest absolute Gasteiger partial charge is 0.0205 e. The highest BCUT2D eigenvalue weighted by Crippen LogP contribution is 2.23. The van der Waals surface area contributed by atoms with Crippen molar-refractivity contribution in [2.24, 2.45) is 0 Å². The van der Waals surface area contributed by atoms with Gasteiger partial charge in [0.25, 0.3) is 0 Å². The van der Waals surface area contributed by atoms with Crippen molar-refractivity contribution in [3.8, 4) is 0 Å². The minimum atomic E-state index is 1.24. The van der Waals surface area contributed by atoms with Crippen LogP contribution >= 0.6 is 22.6 Å². The summed E-state index contributed by atoms with van der Waals surface area (Å²) in [5.41, 5.74) is 3.85. The van der Waals surface area contributed by atoms with Gasteiger partial charge in [-0.15, -0.1) is 0 Å². The molecule has 0 N–H and O–H groups in total. The summed E-state index contributed by atoms with van der Waals surface area (Å²) in [4.78, 5) is 0. The van der Waals surface area contributed by atoms with E-state index in [1.165, 1.54) is 20.3 Å². The summed E-state index contributed by atoms with van der Waals surface area (Å²) in [6, 6.07) is 8.39. The van der Waals surface area contributed by atoms with E-state index in [9.17, 15) is 0 Å². The van der Waals surface area contributed by atoms with Gasteiger partial charge in [0.1, 0.15) is 0 Å². The summed E-state index contributed by atoms with van der Waals surface area (Å²) in [5.74, 6) is 0. The molecule has 0 saturated heterocycles. The Morgan fingerprint density at radius 3 is 2.46 bits per heavy atom. The normalized spacial score (nSPS) is 12.2. The van der Waals surface area contributed by atoms with E-state index in [2.05, 4.69) is 67.3 Å². The molecule has 0 aromatic heterocycles. The van der Waals surface area contributed by atoms with Crippen LogP contribution in [0.25, 0.3) is 5.57 Å². The lowest BCUT2D eigenvalue weighted by Crippen LogP contribution is -1.86. The molecule has 1 aromatic rings. The first-order valence-electron chi connectivity index (χ1n) is 4.21. The Hall–Kier alpha value is -0.570. The zero-order chi connectivity index (χ0) is 9.84. The molecule has 0 radical (unpaired) electrons. The zero-order valence-electron chi connectivity index (χ0n) is 7.97. The number of halogens is 1. The van der Waals surface area contributed by atoms with E-state index in [0.29, 0.717) is 0 Å². The molecule has 0 fully saturated rings. The summed E-state index contributed by atoms with van der Waals surface area (Å²) in [6.07, 6.45) is 1.90. The second kappa shape index (κ2) is 4.61. The number of hydrogen-bond acceptors (Lipinski definition) is 0. The molecule has 0 saturated carbocycles. The minimum absolute atomic E-state index is 1.24. The van der Waals surface area contributed by atoms with Gasteiger partial charge in [0.05, 0.1) is 0 Å². The van der Waals surface area contributed by atoms with Crippen molar-refractivity contribution in [3.63, 3.8) is 0 Å². The lowest BCUT2D eigenvalue weighted by Gasteiger charge is -2.06. The maximum absolute atomic E-state index is 3.78. The zero-order valence-corrected chi connectivity index (χ0v) is 10.1. The van der Waals surface area contributed by atoms with Crippen LogP contribution in [0.4, 0.5) is 0 Å². The number of allylic oxidation sites excluding steroid dienone is 3. The van der Waals surface area contributed by atoms with Gasteiger partial charge in [-0.25, -0.2) is 0 Å². The standard InChI is InChI=1S/C12H13I/c1-4-9(2)10(3)11-7-5-6-8-12(11)13/h4-8H,1H2,2-3H3/b10-9+. The van der Waals surface area contributed by atoms with Crippen molar-refractivity contribution in [3.05, 3.63) is 51.6 Å². The Labute approximate surface area is 93.5 Å². The molecule has 1 heteroatoms. The quantitative estimate of drug-likeness (QED) is 0.562. The molecule has 0 aliphatic rings. The second-order valence-corrected chi connectivity index (χ2v) is 4.15. The van der Waals surface area contributed by atoms with E-state index in [4.69, 9.17) is 0 Å². The van der Waals surface area contributed by atoms with Crippen LogP contribution in [0.1, 0.15) is 19.4 Å². The predicted molar refractivity (Wildman–Crippen MR) is 67.6 cm³/mol. The van der Waals surface area contributed by atoms with E-state index in [-0.39, 0.29) is 0 Å². The molecule has 0 amide bonds. The largest absolute Gasteiger partial charge is 0.0988 e. The van der Waals surface area contributed by atoms with Gasteiger partial charge >= 0.3 is 0 Å². The van der Waals surface area contributed by atoms with Crippen molar-refractivity contribution in [2.45, 2.75) is 13.8 Å². The first-order chi connectivity index (χ1) is 6.16. The van der Waals surface area contributed by atoms with Crippen molar-refractivity contribution in [2.75, 3.05) is 0 Å². The second-order valence-electron chi connectivity index (χ2n) is 2.99. The molecule has 0 aliphatic heterocycles. The average Bonchev–Trinajstić information content (AvgIpc) is 2.16. The van der Waals surface area contributed by atoms with Crippen LogP contribution in [0.2, 0.25) is 0 Å². The first kappa shape index (κ1) is 10.5. The van der Waals surface area contributed by atoms with Gasteiger partial charge in [0.15, 0.2) is 0 Å². The SMILES string of the molecule is C=C/C(C)=C(\C)c1ccccc1I. The predicted octanol–water partition coefficient (Wildman–Crippen LogP) is 4.27. The van der Waals surface area contributed by atoms with Gasteiger partial charge in [-0.05, 0) is 59.2 Å². The summed E-state index contributed by atoms with van der Waals surface area (Å²) < 4.78 is 1.29. The summed E-state index contributed by atoms with van der Waals surface area (Å²) in [7, 11) is 0. The molecule has 0 atom stereocenters. The fourth-order valence-electron chi connectivity index (χ4n) is 1.13. The Morgan fingerprint density at radius 2 is 1.92 bits per heavy atom. The van der Waals surface area contributed by atoms with E-state index in [1.54, 1.807) is 0 Å². The van der Waals surface area contributed by atoms with Crippen LogP contribution in [-0.4, -0.2) is 0 Å². The molecule has 0 spiro atoms. The maximum atomic E-state index is 3.78. The molecule has 13 heavy (non-hydrogen) atoms. The molecular formula is C12H13I. The fourth-order valence-corrected chi connectivity index (χ4v) is 1.92. The Kier molecular flexibility index (Phi) is 3.72. The summed E-state index contributed by atoms with van der Waals surface area (Å²) in [6.45, 7) is 8.00. The molecule has 1 rings (SSSR count). The third-order valence-electron chi connectivity index (χ3n) is 2.18. The lowest BCUT2D eigenvalue weighted by molar-refractivity contribution is 1.44. The number of hydrogen-bond donors (Lipinski definition) is 0. The average molecular weight is 284 g/mol. The molecule has 0 heterocycles. The third-order valence-corrected chi connectivity index (χ3v) is 3.12. The Balaban J connectivity index is 3.23. The molecule has 1 aromatic carbocycles. The molecular weight excluding hydrogens is 271 g/mol. The van der Waals surface area contributed by atoms with Crippen LogP contribution in [0.3, 0.4) is 0 Å². The highest BCUT2D eigenvalue weighted by atomic mass is 127. The Bertz CT molecular complexity index is 348. The fraction of sp³-hybridized carbons (Fsp3) is 0.167. The van der Waals surface area contributed by atoms with Gasteiger partial charge in [-0.2, -0.15) is 0 Å². The summed E-state index contributed by atoms with van der Waals surface area (Å²) >= 11 is 2.36. The van der Waals surface area contributed by atoms with Gasteiger partial charge in [-0.3, -0.25) is 0 Å². The Morgan fingerprint density at radius 1 is 1.31 bits per heavy atom. The monoisotopic (exact) mass is 284 g/mol. The molecule has 0 bridgehead atoms. The van der Waals surface area contributed by atoms with E-state index in [0.717, 1.165) is 0 Å². The van der Waals surface area contributed by atoms with Crippen LogP contribution in [-0.2, 0) is 0 Å². The van der Waals surface area contributed by atoms with Crippen molar-refractivity contribution < 1.29 is 0 Å². The van der Waals surface area contributed by atoms with Crippen molar-refractivity contribution >= 4 is 28.2 Å². The molecule has 68 valence electrons. The van der Waals surface area contributed by atoms with Crippen LogP contribution in [0.15, 0.2) is 42.5 Å². The number of rotatable bonds is 2. The first-order valence-corrected chi connectivity index (χ1v) is 5.29. The molecule has 0 aliphatic carbocycles. The highest BCUT2D eigenvalue weighted by molar-refractivity contribution is 14.1. The minimum Gasteiger partial charge on any atom is -0.0988 e. The topological polar surface area (TPSA) is 0 Å². The molecule has 0 unspecified atom stereocenters. The number of benzene rings is 1. The van der Waals surface area contributed by atoms with Crippen molar-refractivity contribution in [1.29, 1.82) is 0 Å². The van der Waals surface area contributed by atoms with E-state index < -0.39 is 0 Å². The lowest BCUT2D eigenvalue weighted by atomic mass is 10.0. The van der Waals surface area contributed by atoms with E-state index >= 15 is 0 Å². The van der Waals surface area contributed by atoms with Crippen LogP contribution in [0, 0.1) is 3.57 Å². The van der Waals surface area contributed by atoms with Gasteiger partial charge < -0.3 is 0 Å². The van der Waals surface area contributed by atoms with Gasteiger partial charge in [0.2, 0.25) is 0 Å². The van der Waals surface area contributed by atoms with Crippen LogP contribution < -0.4 is 0 Å². The van der Waals surface area contributed by atoms with Gasteiger partial charge in [-0.1, -0.05) is 30.9 Å². The van der Waals surface area contributed by atoms with Gasteiger partial charge in [0, 0.05) is 3.57 Å².